The van der Waals surface area contributed by atoms with Crippen LogP contribution in [0.25, 0.3) is 0 Å². The zero-order valence-electron chi connectivity index (χ0n) is 12.7. The van der Waals surface area contributed by atoms with E-state index >= 15 is 0 Å². The summed E-state index contributed by atoms with van der Waals surface area (Å²) >= 11 is 0. The third kappa shape index (κ3) is 3.79. The molecule has 1 aromatic carbocycles. The Kier molecular flexibility index (Phi) is 5.53. The number of hydrogen-bond donors (Lipinski definition) is 1. The number of fused-ring (bicyclic) bond motifs is 1. The molecule has 1 atom stereocenters. The molecule has 1 heterocycles. The van der Waals surface area contributed by atoms with Crippen LogP contribution in [0.2, 0.25) is 0 Å². The maximum atomic E-state index is 5.65. The zero-order valence-corrected chi connectivity index (χ0v) is 12.7. The Hall–Kier alpha value is -1.42. The molecule has 1 aromatic rings. The number of methoxy groups -OCH3 is 1. The molecule has 1 aliphatic rings. The maximum absolute atomic E-state index is 5.65. The molecule has 112 valence electrons. The number of benzene rings is 1. The normalized spacial score (nSPS) is 14.9. The lowest BCUT2D eigenvalue weighted by Crippen LogP contribution is -2.25. The third-order valence-electron chi connectivity index (χ3n) is 3.53. The van der Waals surface area contributed by atoms with Crippen LogP contribution < -0.4 is 19.5 Å². The Morgan fingerprint density at radius 3 is 2.85 bits per heavy atom. The van der Waals surface area contributed by atoms with Crippen molar-refractivity contribution in [2.75, 3.05) is 20.3 Å². The number of rotatable bonds is 7. The van der Waals surface area contributed by atoms with E-state index in [1.807, 2.05) is 12.1 Å². The predicted octanol–water partition coefficient (Wildman–Crippen LogP) is 3.13. The number of hydrogen-bond acceptors (Lipinski definition) is 4. The molecule has 0 saturated carbocycles. The van der Waals surface area contributed by atoms with Crippen LogP contribution in [-0.4, -0.2) is 26.4 Å². The van der Waals surface area contributed by atoms with E-state index in [0.29, 0.717) is 19.3 Å². The first-order valence-electron chi connectivity index (χ1n) is 7.44. The van der Waals surface area contributed by atoms with Crippen molar-refractivity contribution in [3.63, 3.8) is 0 Å². The number of ether oxygens (including phenoxy) is 3. The Balaban J connectivity index is 2.01. The maximum Gasteiger partial charge on any atom is 0.203 e. The molecule has 4 heteroatoms. The second-order valence-electron chi connectivity index (χ2n) is 5.25. The third-order valence-corrected chi connectivity index (χ3v) is 3.53. The molecular weight excluding hydrogens is 254 g/mol. The van der Waals surface area contributed by atoms with Gasteiger partial charge in [0, 0.05) is 12.6 Å². The molecule has 0 aromatic heterocycles. The first-order chi connectivity index (χ1) is 9.74. The highest BCUT2D eigenvalue weighted by molar-refractivity contribution is 5.54. The van der Waals surface area contributed by atoms with Crippen molar-refractivity contribution in [2.24, 2.45) is 0 Å². The largest absolute Gasteiger partial charge is 0.493 e. The molecule has 1 N–H and O–H groups in total. The van der Waals surface area contributed by atoms with E-state index in [-0.39, 0.29) is 0 Å². The minimum atomic E-state index is 0.522. The Labute approximate surface area is 121 Å². The van der Waals surface area contributed by atoms with Crippen LogP contribution in [-0.2, 0) is 6.54 Å². The minimum Gasteiger partial charge on any atom is -0.493 e. The smallest absolute Gasteiger partial charge is 0.203 e. The van der Waals surface area contributed by atoms with Crippen LogP contribution in [0.5, 0.6) is 17.2 Å². The summed E-state index contributed by atoms with van der Waals surface area (Å²) in [7, 11) is 1.66. The summed E-state index contributed by atoms with van der Waals surface area (Å²) in [6.07, 6.45) is 3.71. The van der Waals surface area contributed by atoms with E-state index in [9.17, 15) is 0 Å². The fourth-order valence-electron chi connectivity index (χ4n) is 2.33. The van der Waals surface area contributed by atoms with Gasteiger partial charge in [0.2, 0.25) is 5.75 Å². The topological polar surface area (TPSA) is 39.7 Å². The van der Waals surface area contributed by atoms with Gasteiger partial charge < -0.3 is 19.5 Å². The van der Waals surface area contributed by atoms with Crippen LogP contribution in [0, 0.1) is 0 Å². The number of unbranched alkanes of at least 4 members (excludes halogenated alkanes) is 1. The molecule has 0 saturated heterocycles. The monoisotopic (exact) mass is 279 g/mol. The summed E-state index contributed by atoms with van der Waals surface area (Å²) in [5.41, 5.74) is 1.16. The van der Waals surface area contributed by atoms with E-state index in [1.54, 1.807) is 7.11 Å². The van der Waals surface area contributed by atoms with Crippen molar-refractivity contribution >= 4 is 0 Å². The van der Waals surface area contributed by atoms with Crippen molar-refractivity contribution in [3.05, 3.63) is 17.7 Å². The minimum absolute atomic E-state index is 0.522. The zero-order chi connectivity index (χ0) is 14.4. The van der Waals surface area contributed by atoms with Crippen molar-refractivity contribution in [1.29, 1.82) is 0 Å². The second-order valence-corrected chi connectivity index (χ2v) is 5.25. The molecule has 1 unspecified atom stereocenters. The molecule has 4 nitrogen and oxygen atoms in total. The van der Waals surface area contributed by atoms with Gasteiger partial charge in [-0.05, 0) is 31.0 Å². The van der Waals surface area contributed by atoms with E-state index in [4.69, 9.17) is 14.2 Å². The standard InChI is InChI=1S/C16H25NO3/c1-4-5-6-12(2)17-11-13-9-14(18-3)16-15(10-13)19-7-8-20-16/h9-10,12,17H,4-8,11H2,1-3H3. The van der Waals surface area contributed by atoms with Crippen LogP contribution in [0.15, 0.2) is 12.1 Å². The first kappa shape index (κ1) is 15.0. The average Bonchev–Trinajstić information content (AvgIpc) is 2.49. The van der Waals surface area contributed by atoms with Gasteiger partial charge in [0.05, 0.1) is 7.11 Å². The highest BCUT2D eigenvalue weighted by atomic mass is 16.6. The van der Waals surface area contributed by atoms with Crippen LogP contribution in [0.4, 0.5) is 0 Å². The fraction of sp³-hybridized carbons (Fsp3) is 0.625. The predicted molar refractivity (Wildman–Crippen MR) is 79.8 cm³/mol. The van der Waals surface area contributed by atoms with Gasteiger partial charge in [0.25, 0.3) is 0 Å². The molecule has 0 amide bonds. The summed E-state index contributed by atoms with van der Waals surface area (Å²) < 4.78 is 16.6. The van der Waals surface area contributed by atoms with Gasteiger partial charge in [-0.3, -0.25) is 0 Å². The molecule has 20 heavy (non-hydrogen) atoms. The lowest BCUT2D eigenvalue weighted by molar-refractivity contribution is 0.165. The molecule has 2 rings (SSSR count). The molecule has 0 radical (unpaired) electrons. The van der Waals surface area contributed by atoms with Crippen molar-refractivity contribution in [3.8, 4) is 17.2 Å². The summed E-state index contributed by atoms with van der Waals surface area (Å²) in [6.45, 7) is 6.44. The van der Waals surface area contributed by atoms with Gasteiger partial charge in [-0.15, -0.1) is 0 Å². The van der Waals surface area contributed by atoms with Gasteiger partial charge in [-0.2, -0.15) is 0 Å². The average molecular weight is 279 g/mol. The lowest BCUT2D eigenvalue weighted by atomic mass is 10.1. The van der Waals surface area contributed by atoms with Gasteiger partial charge in [-0.25, -0.2) is 0 Å². The fourth-order valence-corrected chi connectivity index (χ4v) is 2.33. The van der Waals surface area contributed by atoms with Crippen molar-refractivity contribution < 1.29 is 14.2 Å². The first-order valence-corrected chi connectivity index (χ1v) is 7.44. The van der Waals surface area contributed by atoms with E-state index in [2.05, 4.69) is 19.2 Å². The van der Waals surface area contributed by atoms with Gasteiger partial charge >= 0.3 is 0 Å². The van der Waals surface area contributed by atoms with E-state index in [0.717, 1.165) is 29.4 Å². The van der Waals surface area contributed by atoms with E-state index in [1.165, 1.54) is 19.3 Å². The Morgan fingerprint density at radius 1 is 1.30 bits per heavy atom. The molecule has 0 fully saturated rings. The summed E-state index contributed by atoms with van der Waals surface area (Å²) in [5, 5.41) is 3.54. The highest BCUT2D eigenvalue weighted by Gasteiger charge is 2.18. The molecular formula is C16H25NO3. The second kappa shape index (κ2) is 7.39. The highest BCUT2D eigenvalue weighted by Crippen LogP contribution is 2.40. The van der Waals surface area contributed by atoms with Crippen molar-refractivity contribution in [2.45, 2.75) is 45.7 Å². The van der Waals surface area contributed by atoms with Gasteiger partial charge in [0.1, 0.15) is 13.2 Å². The van der Waals surface area contributed by atoms with Crippen LogP contribution in [0.1, 0.15) is 38.7 Å². The summed E-state index contributed by atoms with van der Waals surface area (Å²) in [5.74, 6) is 2.26. The number of nitrogens with one attached hydrogen (secondary N) is 1. The van der Waals surface area contributed by atoms with Crippen LogP contribution in [0.3, 0.4) is 0 Å². The molecule has 0 bridgehead atoms. The quantitative estimate of drug-likeness (QED) is 0.832. The SMILES string of the molecule is CCCCC(C)NCc1cc(OC)c2c(c1)OCCO2. The molecule has 0 aliphatic carbocycles. The lowest BCUT2D eigenvalue weighted by Gasteiger charge is -2.22. The summed E-state index contributed by atoms with van der Waals surface area (Å²) in [4.78, 5) is 0. The van der Waals surface area contributed by atoms with Gasteiger partial charge in [-0.1, -0.05) is 19.8 Å². The molecule has 0 spiro atoms. The van der Waals surface area contributed by atoms with E-state index < -0.39 is 0 Å². The Morgan fingerprint density at radius 2 is 2.10 bits per heavy atom. The van der Waals surface area contributed by atoms with Crippen LogP contribution >= 0.6 is 0 Å². The van der Waals surface area contributed by atoms with Gasteiger partial charge in [0.15, 0.2) is 11.5 Å². The summed E-state index contributed by atoms with van der Waals surface area (Å²) in [6, 6.07) is 4.58. The molecule has 1 aliphatic heterocycles. The van der Waals surface area contributed by atoms with Crippen molar-refractivity contribution in [1.82, 2.24) is 5.32 Å². The Bertz CT molecular complexity index is 417.